The molecule has 6 heteroatoms. The molecule has 0 fully saturated rings. The van der Waals surface area contributed by atoms with Gasteiger partial charge >= 0.3 is 0 Å². The number of aliphatic hydroxyl groups excluding tert-OH is 1. The van der Waals surface area contributed by atoms with Crippen LogP contribution in [0.5, 0.6) is 0 Å². The fourth-order valence-corrected chi connectivity index (χ4v) is 2.53. The van der Waals surface area contributed by atoms with Crippen LogP contribution in [0.1, 0.15) is 11.6 Å². The van der Waals surface area contributed by atoms with Gasteiger partial charge in [0.05, 0.1) is 19.8 Å². The van der Waals surface area contributed by atoms with E-state index >= 15 is 0 Å². The van der Waals surface area contributed by atoms with Crippen molar-refractivity contribution in [3.63, 3.8) is 0 Å². The van der Waals surface area contributed by atoms with Crippen LogP contribution >= 0.6 is 0 Å². The van der Waals surface area contributed by atoms with E-state index in [2.05, 4.69) is 10.1 Å². The molecule has 0 spiro atoms. The Morgan fingerprint density at radius 1 is 1.12 bits per heavy atom. The van der Waals surface area contributed by atoms with Crippen molar-refractivity contribution in [2.75, 3.05) is 20.3 Å². The van der Waals surface area contributed by atoms with Gasteiger partial charge in [-0.05, 0) is 19.1 Å². The highest BCUT2D eigenvalue weighted by molar-refractivity contribution is 5.64. The third kappa shape index (κ3) is 3.55. The summed E-state index contributed by atoms with van der Waals surface area (Å²) < 4.78 is 12.5. The summed E-state index contributed by atoms with van der Waals surface area (Å²) in [6, 6.07) is 11.9. The minimum Gasteiger partial charge on any atom is -0.461 e. The minimum atomic E-state index is 0.0177. The first-order valence-electron chi connectivity index (χ1n) is 7.92. The second-order valence-corrected chi connectivity index (χ2v) is 5.53. The molecule has 1 aromatic carbocycles. The first-order chi connectivity index (χ1) is 11.7. The number of benzene rings is 1. The molecular weight excluding hydrogens is 306 g/mol. The van der Waals surface area contributed by atoms with Crippen molar-refractivity contribution in [2.24, 2.45) is 0 Å². The predicted octanol–water partition coefficient (Wildman–Crippen LogP) is 2.69. The quantitative estimate of drug-likeness (QED) is 0.722. The Hall–Kier alpha value is -2.44. The molecule has 0 amide bonds. The monoisotopic (exact) mass is 327 g/mol. The average Bonchev–Trinajstić information content (AvgIpc) is 3.20. The summed E-state index contributed by atoms with van der Waals surface area (Å²) in [6.45, 7) is 2.93. The SMILES string of the molecule is COCCc1nc(-c2ccc(-c3ccc(C)o3)cc2)n(CCO)n1. The lowest BCUT2D eigenvalue weighted by Gasteiger charge is -2.04. The van der Waals surface area contributed by atoms with Gasteiger partial charge in [-0.15, -0.1) is 0 Å². The lowest BCUT2D eigenvalue weighted by Crippen LogP contribution is -2.06. The number of furan rings is 1. The molecule has 0 aliphatic heterocycles. The van der Waals surface area contributed by atoms with Gasteiger partial charge in [-0.25, -0.2) is 9.67 Å². The smallest absolute Gasteiger partial charge is 0.158 e. The summed E-state index contributed by atoms with van der Waals surface area (Å²) in [7, 11) is 1.65. The molecule has 2 heterocycles. The average molecular weight is 327 g/mol. The Kier molecular flexibility index (Phi) is 5.08. The van der Waals surface area contributed by atoms with Gasteiger partial charge in [0.2, 0.25) is 0 Å². The maximum absolute atomic E-state index is 9.25. The van der Waals surface area contributed by atoms with Crippen molar-refractivity contribution in [3.8, 4) is 22.7 Å². The Bertz CT molecular complexity index is 790. The summed E-state index contributed by atoms with van der Waals surface area (Å²) in [5, 5.41) is 13.7. The Morgan fingerprint density at radius 2 is 1.88 bits per heavy atom. The number of aryl methyl sites for hydroxylation is 1. The molecule has 6 nitrogen and oxygen atoms in total. The predicted molar refractivity (Wildman–Crippen MR) is 90.6 cm³/mol. The minimum absolute atomic E-state index is 0.0177. The largest absolute Gasteiger partial charge is 0.461 e. The zero-order valence-electron chi connectivity index (χ0n) is 13.9. The van der Waals surface area contributed by atoms with Gasteiger partial charge in [-0.1, -0.05) is 24.3 Å². The summed E-state index contributed by atoms with van der Waals surface area (Å²) in [5.41, 5.74) is 1.96. The molecule has 0 bridgehead atoms. The van der Waals surface area contributed by atoms with Crippen LogP contribution in [0.3, 0.4) is 0 Å². The summed E-state index contributed by atoms with van der Waals surface area (Å²) in [6.07, 6.45) is 0.645. The van der Waals surface area contributed by atoms with E-state index in [0.29, 0.717) is 25.4 Å². The maximum atomic E-state index is 9.25. The second-order valence-electron chi connectivity index (χ2n) is 5.53. The third-order valence-corrected chi connectivity index (χ3v) is 3.73. The summed E-state index contributed by atoms with van der Waals surface area (Å²) in [4.78, 5) is 4.58. The summed E-state index contributed by atoms with van der Waals surface area (Å²) in [5.74, 6) is 3.19. The van der Waals surface area contributed by atoms with E-state index in [1.54, 1.807) is 11.8 Å². The molecular formula is C18H21N3O3. The molecule has 126 valence electrons. The highest BCUT2D eigenvalue weighted by Gasteiger charge is 2.12. The highest BCUT2D eigenvalue weighted by Crippen LogP contribution is 2.25. The van der Waals surface area contributed by atoms with Gasteiger partial charge < -0.3 is 14.3 Å². The zero-order valence-corrected chi connectivity index (χ0v) is 13.9. The molecule has 1 N–H and O–H groups in total. The topological polar surface area (TPSA) is 73.3 Å². The molecule has 0 saturated carbocycles. The van der Waals surface area contributed by atoms with Crippen molar-refractivity contribution in [3.05, 3.63) is 48.0 Å². The van der Waals surface area contributed by atoms with Crippen LogP contribution in [0.4, 0.5) is 0 Å². The number of rotatable bonds is 7. The molecule has 3 aromatic rings. The third-order valence-electron chi connectivity index (χ3n) is 3.73. The van der Waals surface area contributed by atoms with Gasteiger partial charge in [0, 0.05) is 24.7 Å². The standard InChI is InChI=1S/C18H21N3O3/c1-13-3-8-16(24-13)14-4-6-15(7-5-14)18-19-17(9-12-23-2)20-21(18)10-11-22/h3-8,22H,9-12H2,1-2H3. The number of aromatic nitrogens is 3. The van der Waals surface area contributed by atoms with Gasteiger partial charge in [0.15, 0.2) is 11.6 Å². The second kappa shape index (κ2) is 7.42. The van der Waals surface area contributed by atoms with E-state index in [1.807, 2.05) is 43.3 Å². The van der Waals surface area contributed by atoms with Crippen LogP contribution in [0.15, 0.2) is 40.8 Å². The van der Waals surface area contributed by atoms with E-state index < -0.39 is 0 Å². The Morgan fingerprint density at radius 3 is 2.50 bits per heavy atom. The molecule has 3 rings (SSSR count). The number of methoxy groups -OCH3 is 1. The molecule has 24 heavy (non-hydrogen) atoms. The van der Waals surface area contributed by atoms with Gasteiger partial charge in [-0.2, -0.15) is 5.10 Å². The maximum Gasteiger partial charge on any atom is 0.158 e. The van der Waals surface area contributed by atoms with Crippen LogP contribution in [-0.4, -0.2) is 40.2 Å². The van der Waals surface area contributed by atoms with Gasteiger partial charge in [0.25, 0.3) is 0 Å². The summed E-state index contributed by atoms with van der Waals surface area (Å²) >= 11 is 0. The lowest BCUT2D eigenvalue weighted by atomic mass is 10.1. The van der Waals surface area contributed by atoms with Crippen molar-refractivity contribution in [2.45, 2.75) is 19.9 Å². The molecule has 0 aliphatic carbocycles. The molecule has 0 atom stereocenters. The molecule has 0 aliphatic rings. The first kappa shape index (κ1) is 16.4. The van der Waals surface area contributed by atoms with Gasteiger partial charge in [0.1, 0.15) is 11.5 Å². The molecule has 2 aromatic heterocycles. The number of hydrogen-bond donors (Lipinski definition) is 1. The fourth-order valence-electron chi connectivity index (χ4n) is 2.53. The van der Waals surface area contributed by atoms with E-state index in [1.165, 1.54) is 0 Å². The number of hydrogen-bond acceptors (Lipinski definition) is 5. The van der Waals surface area contributed by atoms with Gasteiger partial charge in [-0.3, -0.25) is 0 Å². The van der Waals surface area contributed by atoms with Crippen molar-refractivity contribution in [1.29, 1.82) is 0 Å². The Labute approximate surface area is 140 Å². The molecule has 0 saturated heterocycles. The van der Waals surface area contributed by atoms with E-state index in [9.17, 15) is 5.11 Å². The van der Waals surface area contributed by atoms with Crippen LogP contribution in [0.25, 0.3) is 22.7 Å². The number of nitrogens with zero attached hydrogens (tertiary/aromatic N) is 3. The van der Waals surface area contributed by atoms with Crippen molar-refractivity contribution in [1.82, 2.24) is 14.8 Å². The van der Waals surface area contributed by atoms with Crippen LogP contribution in [0.2, 0.25) is 0 Å². The highest BCUT2D eigenvalue weighted by atomic mass is 16.5. The van der Waals surface area contributed by atoms with E-state index in [-0.39, 0.29) is 6.61 Å². The van der Waals surface area contributed by atoms with E-state index in [4.69, 9.17) is 9.15 Å². The number of ether oxygens (including phenoxy) is 1. The Balaban J connectivity index is 1.88. The lowest BCUT2D eigenvalue weighted by molar-refractivity contribution is 0.200. The van der Waals surface area contributed by atoms with E-state index in [0.717, 1.165) is 28.5 Å². The molecule has 0 unspecified atom stereocenters. The van der Waals surface area contributed by atoms with Crippen LogP contribution in [-0.2, 0) is 17.7 Å². The van der Waals surface area contributed by atoms with Crippen LogP contribution in [0, 0.1) is 6.92 Å². The first-order valence-corrected chi connectivity index (χ1v) is 7.92. The van der Waals surface area contributed by atoms with Crippen LogP contribution < -0.4 is 0 Å². The van der Waals surface area contributed by atoms with Crippen molar-refractivity contribution < 1.29 is 14.3 Å². The number of aliphatic hydroxyl groups is 1. The fraction of sp³-hybridized carbons (Fsp3) is 0.333. The normalized spacial score (nSPS) is 11.1. The van der Waals surface area contributed by atoms with Crippen molar-refractivity contribution >= 4 is 0 Å². The zero-order chi connectivity index (χ0) is 16.9. The molecule has 0 radical (unpaired) electrons.